The van der Waals surface area contributed by atoms with E-state index < -0.39 is 0 Å². The van der Waals surface area contributed by atoms with Gasteiger partial charge < -0.3 is 10.6 Å². The number of amides is 2. The van der Waals surface area contributed by atoms with Gasteiger partial charge in [-0.05, 0) is 40.2 Å². The molecule has 2 amide bonds. The minimum Gasteiger partial charge on any atom is -0.325 e. The molecule has 2 N–H and O–H groups in total. The van der Waals surface area contributed by atoms with Crippen molar-refractivity contribution in [2.75, 3.05) is 10.6 Å². The summed E-state index contributed by atoms with van der Waals surface area (Å²) in [5, 5.41) is 5.46. The van der Waals surface area contributed by atoms with Gasteiger partial charge in [0.1, 0.15) is 0 Å². The first-order valence-electron chi connectivity index (χ1n) is 6.10. The minimum atomic E-state index is -0.299. The zero-order valence-corrected chi connectivity index (χ0v) is 14.3. The molecule has 0 saturated heterocycles. The van der Waals surface area contributed by atoms with Gasteiger partial charge in [-0.3, -0.25) is 9.59 Å². The summed E-state index contributed by atoms with van der Waals surface area (Å²) in [6.45, 7) is 1.40. The van der Waals surface area contributed by atoms with Gasteiger partial charge in [-0.1, -0.05) is 34.1 Å². The standard InChI is InChI=1S/C15H12Br2N2O2/c1-9(20)18-14-12(7-10(16)8-13(14)17)15(21)19-11-5-3-2-4-6-11/h2-8H,1H3,(H,18,20)(H,19,21). The minimum absolute atomic E-state index is 0.244. The van der Waals surface area contributed by atoms with Crippen LogP contribution < -0.4 is 10.6 Å². The van der Waals surface area contributed by atoms with Crippen molar-refractivity contribution in [1.82, 2.24) is 0 Å². The van der Waals surface area contributed by atoms with Crippen LogP contribution in [0.15, 0.2) is 51.4 Å². The molecule has 0 aliphatic carbocycles. The molecule has 2 rings (SSSR count). The molecule has 2 aromatic rings. The van der Waals surface area contributed by atoms with E-state index in [1.165, 1.54) is 6.92 Å². The average Bonchev–Trinajstić information content (AvgIpc) is 2.42. The molecular weight excluding hydrogens is 400 g/mol. The molecule has 108 valence electrons. The van der Waals surface area contributed by atoms with Crippen LogP contribution in [0.1, 0.15) is 17.3 Å². The lowest BCUT2D eigenvalue weighted by Crippen LogP contribution is -2.17. The van der Waals surface area contributed by atoms with E-state index in [2.05, 4.69) is 42.5 Å². The predicted octanol–water partition coefficient (Wildman–Crippen LogP) is 4.42. The maximum Gasteiger partial charge on any atom is 0.257 e. The Balaban J connectivity index is 2.37. The van der Waals surface area contributed by atoms with E-state index in [-0.39, 0.29) is 11.8 Å². The summed E-state index contributed by atoms with van der Waals surface area (Å²) in [4.78, 5) is 23.7. The molecule has 21 heavy (non-hydrogen) atoms. The fourth-order valence-corrected chi connectivity index (χ4v) is 3.10. The molecule has 0 atom stereocenters. The highest BCUT2D eigenvalue weighted by Crippen LogP contribution is 2.31. The van der Waals surface area contributed by atoms with Crippen molar-refractivity contribution in [2.45, 2.75) is 6.92 Å². The Morgan fingerprint density at radius 3 is 2.29 bits per heavy atom. The molecular formula is C15H12Br2N2O2. The van der Waals surface area contributed by atoms with E-state index in [9.17, 15) is 9.59 Å². The first kappa shape index (κ1) is 15.7. The van der Waals surface area contributed by atoms with Gasteiger partial charge in [-0.15, -0.1) is 0 Å². The first-order valence-corrected chi connectivity index (χ1v) is 7.69. The second-order valence-electron chi connectivity index (χ2n) is 4.31. The van der Waals surface area contributed by atoms with Crippen LogP contribution in [0.3, 0.4) is 0 Å². The maximum absolute atomic E-state index is 12.4. The number of benzene rings is 2. The summed E-state index contributed by atoms with van der Waals surface area (Å²) in [5.74, 6) is -0.543. The lowest BCUT2D eigenvalue weighted by atomic mass is 10.1. The van der Waals surface area contributed by atoms with Gasteiger partial charge in [0, 0.05) is 21.6 Å². The molecule has 0 spiro atoms. The zero-order chi connectivity index (χ0) is 15.4. The maximum atomic E-state index is 12.4. The van der Waals surface area contributed by atoms with E-state index in [4.69, 9.17) is 0 Å². The Morgan fingerprint density at radius 2 is 1.67 bits per heavy atom. The molecule has 0 aliphatic heterocycles. The van der Waals surface area contributed by atoms with Crippen LogP contribution in [0.5, 0.6) is 0 Å². The second kappa shape index (κ2) is 6.87. The van der Waals surface area contributed by atoms with Gasteiger partial charge in [-0.25, -0.2) is 0 Å². The van der Waals surface area contributed by atoms with Gasteiger partial charge in [0.15, 0.2) is 0 Å². The number of hydrogen-bond acceptors (Lipinski definition) is 2. The molecule has 0 bridgehead atoms. The van der Waals surface area contributed by atoms with Crippen molar-refractivity contribution in [2.24, 2.45) is 0 Å². The van der Waals surface area contributed by atoms with E-state index in [1.807, 2.05) is 18.2 Å². The van der Waals surface area contributed by atoms with Crippen LogP contribution in [-0.2, 0) is 4.79 Å². The predicted molar refractivity (Wildman–Crippen MR) is 90.5 cm³/mol. The van der Waals surface area contributed by atoms with Crippen LogP contribution in [0.4, 0.5) is 11.4 Å². The third-order valence-corrected chi connectivity index (χ3v) is 3.72. The van der Waals surface area contributed by atoms with E-state index in [1.54, 1.807) is 24.3 Å². The van der Waals surface area contributed by atoms with Gasteiger partial charge in [-0.2, -0.15) is 0 Å². The van der Waals surface area contributed by atoms with Crippen LogP contribution in [0.2, 0.25) is 0 Å². The van der Waals surface area contributed by atoms with Gasteiger partial charge in [0.25, 0.3) is 5.91 Å². The molecule has 0 aromatic heterocycles. The molecule has 2 aromatic carbocycles. The number of nitrogens with one attached hydrogen (secondary N) is 2. The number of para-hydroxylation sites is 1. The van der Waals surface area contributed by atoms with Gasteiger partial charge >= 0.3 is 0 Å². The third kappa shape index (κ3) is 4.15. The van der Waals surface area contributed by atoms with E-state index in [0.717, 1.165) is 4.47 Å². The van der Waals surface area contributed by atoms with Crippen molar-refractivity contribution in [3.8, 4) is 0 Å². The van der Waals surface area contributed by atoms with Crippen molar-refractivity contribution in [1.29, 1.82) is 0 Å². The molecule has 4 nitrogen and oxygen atoms in total. The number of halogens is 2. The lowest BCUT2D eigenvalue weighted by molar-refractivity contribution is -0.114. The highest BCUT2D eigenvalue weighted by atomic mass is 79.9. The molecule has 6 heteroatoms. The van der Waals surface area contributed by atoms with Crippen molar-refractivity contribution >= 4 is 55.0 Å². The SMILES string of the molecule is CC(=O)Nc1c(Br)cc(Br)cc1C(=O)Nc1ccccc1. The fraction of sp³-hybridized carbons (Fsp3) is 0.0667. The zero-order valence-electron chi connectivity index (χ0n) is 11.1. The number of carbonyl (C=O) groups is 2. The summed E-state index contributed by atoms with van der Waals surface area (Å²) in [6, 6.07) is 12.6. The monoisotopic (exact) mass is 410 g/mol. The molecule has 0 aliphatic rings. The topological polar surface area (TPSA) is 58.2 Å². The summed E-state index contributed by atoms with van der Waals surface area (Å²) in [5.41, 5.74) is 1.50. The average molecular weight is 412 g/mol. The molecule has 0 fully saturated rings. The Morgan fingerprint density at radius 1 is 1.00 bits per heavy atom. The Bertz CT molecular complexity index is 688. The van der Waals surface area contributed by atoms with Gasteiger partial charge in [0.2, 0.25) is 5.91 Å². The van der Waals surface area contributed by atoms with E-state index in [0.29, 0.717) is 21.4 Å². The Kier molecular flexibility index (Phi) is 5.14. The Hall–Kier alpha value is -1.66. The van der Waals surface area contributed by atoms with E-state index >= 15 is 0 Å². The summed E-state index contributed by atoms with van der Waals surface area (Å²) < 4.78 is 1.37. The third-order valence-electron chi connectivity index (χ3n) is 2.63. The normalized spacial score (nSPS) is 10.0. The highest BCUT2D eigenvalue weighted by Gasteiger charge is 2.16. The number of hydrogen-bond donors (Lipinski definition) is 2. The molecule has 0 heterocycles. The number of carbonyl (C=O) groups excluding carboxylic acids is 2. The van der Waals surface area contributed by atoms with Crippen LogP contribution in [0.25, 0.3) is 0 Å². The fourth-order valence-electron chi connectivity index (χ4n) is 1.78. The first-order chi connectivity index (χ1) is 9.97. The molecule has 0 radical (unpaired) electrons. The smallest absolute Gasteiger partial charge is 0.257 e. The summed E-state index contributed by atoms with van der Waals surface area (Å²) in [7, 11) is 0. The molecule has 0 unspecified atom stereocenters. The van der Waals surface area contributed by atoms with Crippen LogP contribution >= 0.6 is 31.9 Å². The van der Waals surface area contributed by atoms with Crippen molar-refractivity contribution < 1.29 is 9.59 Å². The van der Waals surface area contributed by atoms with Crippen LogP contribution in [-0.4, -0.2) is 11.8 Å². The van der Waals surface area contributed by atoms with Crippen molar-refractivity contribution in [3.63, 3.8) is 0 Å². The molecule has 0 saturated carbocycles. The number of anilines is 2. The second-order valence-corrected chi connectivity index (χ2v) is 6.08. The van der Waals surface area contributed by atoms with Crippen molar-refractivity contribution in [3.05, 3.63) is 57.0 Å². The highest BCUT2D eigenvalue weighted by molar-refractivity contribution is 9.11. The lowest BCUT2D eigenvalue weighted by Gasteiger charge is -2.13. The number of rotatable bonds is 3. The summed E-state index contributed by atoms with van der Waals surface area (Å²) >= 11 is 6.70. The largest absolute Gasteiger partial charge is 0.325 e. The quantitative estimate of drug-likeness (QED) is 0.785. The van der Waals surface area contributed by atoms with Gasteiger partial charge in [0.05, 0.1) is 11.3 Å². The summed E-state index contributed by atoms with van der Waals surface area (Å²) in [6.07, 6.45) is 0. The van der Waals surface area contributed by atoms with Crippen LogP contribution in [0, 0.1) is 0 Å². The Labute approximate surface area is 139 Å².